The Balaban J connectivity index is 1.87. The van der Waals surface area contributed by atoms with Crippen LogP contribution in [0.4, 0.5) is 5.82 Å². The van der Waals surface area contributed by atoms with Crippen LogP contribution in [0.2, 0.25) is 0 Å². The maximum Gasteiger partial charge on any atom is 0.128 e. The number of aromatic nitrogens is 1. The third kappa shape index (κ3) is 3.24. The van der Waals surface area contributed by atoms with Gasteiger partial charge in [0, 0.05) is 37.9 Å². The quantitative estimate of drug-likeness (QED) is 0.754. The summed E-state index contributed by atoms with van der Waals surface area (Å²) in [5, 5.41) is 0. The van der Waals surface area contributed by atoms with Crippen LogP contribution >= 0.6 is 0 Å². The number of pyridine rings is 1. The first kappa shape index (κ1) is 12.9. The highest BCUT2D eigenvalue weighted by atomic mass is 15.3. The summed E-state index contributed by atoms with van der Waals surface area (Å²) in [6.07, 6.45) is 9.68. The maximum atomic E-state index is 5.33. The van der Waals surface area contributed by atoms with Crippen LogP contribution in [-0.4, -0.2) is 42.6 Å². The van der Waals surface area contributed by atoms with Gasteiger partial charge in [0.2, 0.25) is 0 Å². The molecule has 1 saturated heterocycles. The van der Waals surface area contributed by atoms with Crippen molar-refractivity contribution in [2.24, 2.45) is 0 Å². The van der Waals surface area contributed by atoms with Crippen LogP contribution < -0.4 is 4.90 Å². The lowest BCUT2D eigenvalue weighted by Gasteiger charge is -2.35. The van der Waals surface area contributed by atoms with Gasteiger partial charge in [0.1, 0.15) is 5.82 Å². The summed E-state index contributed by atoms with van der Waals surface area (Å²) in [7, 11) is 0. The van der Waals surface area contributed by atoms with Gasteiger partial charge in [0.05, 0.1) is 0 Å². The first-order valence-corrected chi connectivity index (χ1v) is 6.73. The Morgan fingerprint density at radius 1 is 1.28 bits per heavy atom. The molecule has 2 rings (SSSR count). The number of piperazine rings is 1. The van der Waals surface area contributed by atoms with Crippen LogP contribution in [0.1, 0.15) is 25.3 Å². The van der Waals surface area contributed by atoms with Crippen LogP contribution in [0.3, 0.4) is 0 Å². The van der Waals surface area contributed by atoms with E-state index in [1.807, 2.05) is 12.1 Å². The molecule has 1 aromatic heterocycles. The molecule has 0 aromatic carbocycles. The highest BCUT2D eigenvalue weighted by Crippen LogP contribution is 2.14. The van der Waals surface area contributed by atoms with Gasteiger partial charge in [-0.15, -0.1) is 6.42 Å². The highest BCUT2D eigenvalue weighted by Gasteiger charge is 2.17. The average Bonchev–Trinajstić information content (AvgIpc) is 2.46. The number of nitrogens with zero attached hydrogens (tertiary/aromatic N) is 3. The number of hydrogen-bond acceptors (Lipinski definition) is 3. The summed E-state index contributed by atoms with van der Waals surface area (Å²) in [6.45, 7) is 7.87. The highest BCUT2D eigenvalue weighted by molar-refractivity contribution is 5.43. The smallest absolute Gasteiger partial charge is 0.128 e. The second-order valence-electron chi connectivity index (χ2n) is 4.73. The zero-order valence-electron chi connectivity index (χ0n) is 11.1. The van der Waals surface area contributed by atoms with Gasteiger partial charge in [-0.25, -0.2) is 4.98 Å². The third-order valence-electron chi connectivity index (χ3n) is 3.44. The number of hydrogen-bond donors (Lipinski definition) is 0. The molecule has 1 fully saturated rings. The number of terminal acetylenes is 1. The Hall–Kier alpha value is -1.53. The van der Waals surface area contributed by atoms with Crippen molar-refractivity contribution < 1.29 is 0 Å². The summed E-state index contributed by atoms with van der Waals surface area (Å²) in [6, 6.07) is 3.99. The molecule has 0 radical (unpaired) electrons. The van der Waals surface area contributed by atoms with Gasteiger partial charge < -0.3 is 4.90 Å². The first-order valence-electron chi connectivity index (χ1n) is 6.73. The SMILES string of the molecule is C#Cc1ccc(N2CCN(CCCC)CC2)nc1. The van der Waals surface area contributed by atoms with Crippen LogP contribution in [0.5, 0.6) is 0 Å². The Labute approximate surface area is 110 Å². The molecular weight excluding hydrogens is 222 g/mol. The van der Waals surface area contributed by atoms with E-state index >= 15 is 0 Å². The van der Waals surface area contributed by atoms with E-state index in [1.54, 1.807) is 6.20 Å². The van der Waals surface area contributed by atoms with Crippen molar-refractivity contribution in [2.75, 3.05) is 37.6 Å². The van der Waals surface area contributed by atoms with Crippen molar-refractivity contribution in [3.05, 3.63) is 23.9 Å². The van der Waals surface area contributed by atoms with Crippen molar-refractivity contribution in [1.82, 2.24) is 9.88 Å². The molecular formula is C15H21N3. The molecule has 0 aliphatic carbocycles. The molecule has 18 heavy (non-hydrogen) atoms. The molecule has 1 aliphatic heterocycles. The standard InChI is InChI=1S/C15H21N3/c1-3-5-8-17-9-11-18(12-10-17)15-7-6-14(4-2)13-16-15/h2,6-7,13H,3,5,8-12H2,1H3. The summed E-state index contributed by atoms with van der Waals surface area (Å²) >= 11 is 0. The predicted molar refractivity (Wildman–Crippen MR) is 75.7 cm³/mol. The zero-order valence-corrected chi connectivity index (χ0v) is 11.1. The topological polar surface area (TPSA) is 19.4 Å². The van der Waals surface area contributed by atoms with Gasteiger partial charge in [0.15, 0.2) is 0 Å². The Morgan fingerprint density at radius 3 is 2.61 bits per heavy atom. The lowest BCUT2D eigenvalue weighted by Crippen LogP contribution is -2.46. The third-order valence-corrected chi connectivity index (χ3v) is 3.44. The molecule has 0 saturated carbocycles. The lowest BCUT2D eigenvalue weighted by molar-refractivity contribution is 0.253. The number of unbranched alkanes of at least 4 members (excludes halogenated alkanes) is 1. The normalized spacial score (nSPS) is 16.6. The number of rotatable bonds is 4. The van der Waals surface area contributed by atoms with Crippen molar-refractivity contribution in [3.63, 3.8) is 0 Å². The Bertz CT molecular complexity index is 397. The Morgan fingerprint density at radius 2 is 2.06 bits per heavy atom. The largest absolute Gasteiger partial charge is 0.354 e. The van der Waals surface area contributed by atoms with E-state index in [9.17, 15) is 0 Å². The maximum absolute atomic E-state index is 5.33. The van der Waals surface area contributed by atoms with Crippen LogP contribution in [-0.2, 0) is 0 Å². The van der Waals surface area contributed by atoms with Crippen LogP contribution in [0.15, 0.2) is 18.3 Å². The van der Waals surface area contributed by atoms with Gasteiger partial charge in [-0.1, -0.05) is 19.3 Å². The van der Waals surface area contributed by atoms with Gasteiger partial charge in [0.25, 0.3) is 0 Å². The molecule has 0 atom stereocenters. The van der Waals surface area contributed by atoms with Crippen molar-refractivity contribution >= 4 is 5.82 Å². The van der Waals surface area contributed by atoms with E-state index < -0.39 is 0 Å². The fourth-order valence-electron chi connectivity index (χ4n) is 2.24. The Kier molecular flexibility index (Phi) is 4.60. The zero-order chi connectivity index (χ0) is 12.8. The van der Waals surface area contributed by atoms with E-state index in [4.69, 9.17) is 6.42 Å². The minimum Gasteiger partial charge on any atom is -0.354 e. The molecule has 0 amide bonds. The molecule has 0 bridgehead atoms. The van der Waals surface area contributed by atoms with Gasteiger partial charge in [-0.05, 0) is 25.1 Å². The molecule has 1 aliphatic rings. The van der Waals surface area contributed by atoms with E-state index in [2.05, 4.69) is 27.6 Å². The number of anilines is 1. The molecule has 0 unspecified atom stereocenters. The minimum atomic E-state index is 0.848. The van der Waals surface area contributed by atoms with Gasteiger partial charge in [-0.2, -0.15) is 0 Å². The second kappa shape index (κ2) is 6.42. The van der Waals surface area contributed by atoms with Crippen LogP contribution in [0, 0.1) is 12.3 Å². The summed E-state index contributed by atoms with van der Waals surface area (Å²) in [4.78, 5) is 9.30. The molecule has 1 aromatic rings. The molecule has 0 spiro atoms. The molecule has 2 heterocycles. The van der Waals surface area contributed by atoms with E-state index in [-0.39, 0.29) is 0 Å². The average molecular weight is 243 g/mol. The van der Waals surface area contributed by atoms with Gasteiger partial charge >= 0.3 is 0 Å². The second-order valence-corrected chi connectivity index (χ2v) is 4.73. The molecule has 96 valence electrons. The minimum absolute atomic E-state index is 0.848. The summed E-state index contributed by atoms with van der Waals surface area (Å²) in [5.41, 5.74) is 0.848. The summed E-state index contributed by atoms with van der Waals surface area (Å²) < 4.78 is 0. The van der Waals surface area contributed by atoms with Crippen LogP contribution in [0.25, 0.3) is 0 Å². The molecule has 3 heteroatoms. The van der Waals surface area contributed by atoms with Crippen molar-refractivity contribution in [3.8, 4) is 12.3 Å². The van der Waals surface area contributed by atoms with E-state index in [0.29, 0.717) is 0 Å². The summed E-state index contributed by atoms with van der Waals surface area (Å²) in [5.74, 6) is 3.64. The van der Waals surface area contributed by atoms with Crippen molar-refractivity contribution in [2.45, 2.75) is 19.8 Å². The first-order chi connectivity index (χ1) is 8.83. The predicted octanol–water partition coefficient (Wildman–Crippen LogP) is 1.98. The molecule has 0 N–H and O–H groups in total. The fourth-order valence-corrected chi connectivity index (χ4v) is 2.24. The van der Waals surface area contributed by atoms with E-state index in [1.165, 1.54) is 19.4 Å². The van der Waals surface area contributed by atoms with Crippen molar-refractivity contribution in [1.29, 1.82) is 0 Å². The fraction of sp³-hybridized carbons (Fsp3) is 0.533. The monoisotopic (exact) mass is 243 g/mol. The van der Waals surface area contributed by atoms with E-state index in [0.717, 1.165) is 37.6 Å². The van der Waals surface area contributed by atoms with Gasteiger partial charge in [-0.3, -0.25) is 4.90 Å². The lowest BCUT2D eigenvalue weighted by atomic mass is 10.2. The molecule has 3 nitrogen and oxygen atoms in total.